The number of hydrogen-bond donors (Lipinski definition) is 0. The van der Waals surface area contributed by atoms with Gasteiger partial charge in [-0.3, -0.25) is 0 Å². The van der Waals surface area contributed by atoms with Crippen LogP contribution in [0.2, 0.25) is 0 Å². The summed E-state index contributed by atoms with van der Waals surface area (Å²) < 4.78 is 0. The first-order valence-corrected chi connectivity index (χ1v) is 7.02. The molecule has 0 aromatic rings. The van der Waals surface area contributed by atoms with Crippen molar-refractivity contribution in [2.75, 3.05) is 6.54 Å². The van der Waals surface area contributed by atoms with Crippen molar-refractivity contribution < 1.29 is 0 Å². The fourth-order valence-corrected chi connectivity index (χ4v) is 1.97. The molecule has 0 aliphatic rings. The number of hydrogen-bond acceptors (Lipinski definition) is 1. The Bertz CT molecular complexity index is 308. The van der Waals surface area contributed by atoms with Gasteiger partial charge in [-0.25, -0.2) is 0 Å². The van der Waals surface area contributed by atoms with Gasteiger partial charge in [0.2, 0.25) is 0 Å². The molecular formula is C16H30BN. The maximum absolute atomic E-state index is 4.08. The molecule has 0 atom stereocenters. The molecule has 0 spiro atoms. The molecule has 0 rings (SSSR count). The van der Waals surface area contributed by atoms with Gasteiger partial charge in [0.05, 0.1) is 0 Å². The average molecular weight is 247 g/mol. The second kappa shape index (κ2) is 8.34. The van der Waals surface area contributed by atoms with E-state index in [4.69, 9.17) is 0 Å². The van der Waals surface area contributed by atoms with Gasteiger partial charge in [-0.05, 0) is 0 Å². The van der Waals surface area contributed by atoms with Crippen LogP contribution in [0, 0.1) is 0 Å². The van der Waals surface area contributed by atoms with Crippen LogP contribution >= 0.6 is 0 Å². The van der Waals surface area contributed by atoms with Gasteiger partial charge in [0, 0.05) is 0 Å². The molecule has 0 amide bonds. The fraction of sp³-hybridized carbons (Fsp3) is 0.688. The van der Waals surface area contributed by atoms with Crippen molar-refractivity contribution in [3.05, 3.63) is 23.8 Å². The van der Waals surface area contributed by atoms with E-state index in [1.165, 1.54) is 5.57 Å². The van der Waals surface area contributed by atoms with E-state index < -0.39 is 0 Å². The summed E-state index contributed by atoms with van der Waals surface area (Å²) in [5, 5.41) is 0. The molecule has 0 radical (unpaired) electrons. The topological polar surface area (TPSA) is 3.24 Å². The van der Waals surface area contributed by atoms with E-state index in [1.54, 1.807) is 0 Å². The molecule has 18 heavy (non-hydrogen) atoms. The first kappa shape index (κ1) is 17.2. The molecule has 102 valence electrons. The second-order valence-corrected chi connectivity index (χ2v) is 6.00. The zero-order valence-corrected chi connectivity index (χ0v) is 13.2. The molecule has 0 N–H and O–H groups in total. The molecule has 1 nitrogen and oxygen atoms in total. The predicted molar refractivity (Wildman–Crippen MR) is 86.7 cm³/mol. The monoisotopic (exact) mass is 247 g/mol. The summed E-state index contributed by atoms with van der Waals surface area (Å²) in [6, 6.07) is 0. The molecule has 0 unspecified atom stereocenters. The summed E-state index contributed by atoms with van der Waals surface area (Å²) in [6.45, 7) is 14.2. The van der Waals surface area contributed by atoms with Crippen LogP contribution < -0.4 is 0 Å². The summed E-state index contributed by atoms with van der Waals surface area (Å²) in [5.41, 5.74) is 2.71. The van der Waals surface area contributed by atoms with E-state index in [0.29, 0.717) is 0 Å². The Labute approximate surface area is 115 Å². The van der Waals surface area contributed by atoms with E-state index >= 15 is 0 Å². The Kier molecular flexibility index (Phi) is 7.98. The summed E-state index contributed by atoms with van der Waals surface area (Å²) in [7, 11) is 4.08. The van der Waals surface area contributed by atoms with Gasteiger partial charge in [0.15, 0.2) is 0 Å². The van der Waals surface area contributed by atoms with Gasteiger partial charge < -0.3 is 0 Å². The van der Waals surface area contributed by atoms with E-state index in [0.717, 1.165) is 31.4 Å². The third kappa shape index (κ3) is 7.52. The van der Waals surface area contributed by atoms with Crippen LogP contribution in [0.15, 0.2) is 23.8 Å². The molecule has 0 aromatic carbocycles. The minimum absolute atomic E-state index is 0.142. The van der Waals surface area contributed by atoms with Gasteiger partial charge in [0.25, 0.3) is 0 Å². The molecule has 2 heteroatoms. The molecule has 0 saturated carbocycles. The quantitative estimate of drug-likeness (QED) is 0.375. The average Bonchev–Trinajstić information content (AvgIpc) is 2.23. The summed E-state index contributed by atoms with van der Waals surface area (Å²) in [4.78, 5) is 2.36. The second-order valence-electron chi connectivity index (χ2n) is 6.00. The molecule has 0 aromatic heterocycles. The molecular weight excluding hydrogens is 217 g/mol. The molecule has 0 heterocycles. The Morgan fingerprint density at radius 2 is 1.72 bits per heavy atom. The Balaban J connectivity index is 4.34. The van der Waals surface area contributed by atoms with E-state index in [-0.39, 0.29) is 5.54 Å². The van der Waals surface area contributed by atoms with E-state index in [2.05, 4.69) is 72.2 Å². The normalized spacial score (nSPS) is 13.1. The molecule has 0 aliphatic carbocycles. The van der Waals surface area contributed by atoms with Gasteiger partial charge in [-0.1, -0.05) is 0 Å². The first-order valence-electron chi connectivity index (χ1n) is 7.02. The van der Waals surface area contributed by atoms with Crippen molar-refractivity contribution in [2.24, 2.45) is 0 Å². The van der Waals surface area contributed by atoms with Crippen molar-refractivity contribution in [3.8, 4) is 0 Å². The third-order valence-electron chi connectivity index (χ3n) is 2.91. The Morgan fingerprint density at radius 1 is 1.11 bits per heavy atom. The minimum atomic E-state index is 0.142. The third-order valence-corrected chi connectivity index (χ3v) is 2.91. The van der Waals surface area contributed by atoms with Crippen molar-refractivity contribution in [3.63, 3.8) is 0 Å². The predicted octanol–water partition coefficient (Wildman–Crippen LogP) is 3.83. The van der Waals surface area contributed by atoms with Crippen LogP contribution in [0.3, 0.4) is 0 Å². The summed E-state index contributed by atoms with van der Waals surface area (Å²) >= 11 is 0. The molecule has 0 fully saturated rings. The van der Waals surface area contributed by atoms with Crippen LogP contribution in [0.4, 0.5) is 0 Å². The zero-order valence-electron chi connectivity index (χ0n) is 13.2. The van der Waals surface area contributed by atoms with E-state index in [9.17, 15) is 0 Å². The van der Waals surface area contributed by atoms with Gasteiger partial charge >= 0.3 is 115 Å². The molecule has 0 saturated heterocycles. The van der Waals surface area contributed by atoms with Crippen LogP contribution in [0.5, 0.6) is 0 Å². The molecule has 0 aliphatic heterocycles. The number of allylic oxidation sites excluding steroid dienone is 3. The van der Waals surface area contributed by atoms with E-state index in [1.807, 2.05) is 0 Å². The molecule has 0 bridgehead atoms. The van der Waals surface area contributed by atoms with Crippen LogP contribution in [-0.4, -0.2) is 30.1 Å². The zero-order chi connectivity index (χ0) is 14.2. The number of rotatable bonds is 7. The van der Waals surface area contributed by atoms with Crippen molar-refractivity contribution in [1.82, 2.24) is 4.90 Å². The van der Waals surface area contributed by atoms with Gasteiger partial charge in [0.1, 0.15) is 0 Å². The van der Waals surface area contributed by atoms with Gasteiger partial charge in [-0.15, -0.1) is 0 Å². The van der Waals surface area contributed by atoms with Crippen LogP contribution in [-0.2, 0) is 0 Å². The van der Waals surface area contributed by atoms with Crippen molar-refractivity contribution in [1.29, 1.82) is 0 Å². The van der Waals surface area contributed by atoms with Crippen molar-refractivity contribution in [2.45, 2.75) is 66.3 Å². The Morgan fingerprint density at radius 3 is 2.17 bits per heavy atom. The fourth-order valence-electron chi connectivity index (χ4n) is 1.97. The first-order chi connectivity index (χ1) is 8.29. The SMILES string of the molecule is B=C(C)N(C/C(C)=C/CC/C=C\CC)C(C)(C)C. The van der Waals surface area contributed by atoms with Gasteiger partial charge in [-0.2, -0.15) is 0 Å². The standard InChI is InChI=1S/C16H30BN/c1-7-8-9-10-11-12-14(2)13-18(15(3)17)16(4,5)6/h8-9,12,17H,7,10-11,13H2,1-6H3/b9-8-,14-12+. The van der Waals surface area contributed by atoms with Crippen LogP contribution in [0.25, 0.3) is 0 Å². The van der Waals surface area contributed by atoms with Crippen molar-refractivity contribution >= 4 is 13.1 Å². The Hall–Kier alpha value is -0.785. The van der Waals surface area contributed by atoms with Crippen LogP contribution in [0.1, 0.15) is 60.8 Å². The number of nitrogens with zero attached hydrogens (tertiary/aromatic N) is 1. The number of unbranched alkanes of at least 4 members (excludes halogenated alkanes) is 1. The summed E-state index contributed by atoms with van der Waals surface area (Å²) in [6.07, 6.45) is 10.3. The maximum atomic E-state index is 4.08. The summed E-state index contributed by atoms with van der Waals surface area (Å²) in [5.74, 6) is 0.